The van der Waals surface area contributed by atoms with Gasteiger partial charge in [0.15, 0.2) is 5.82 Å². The molecule has 4 rings (SSSR count). The summed E-state index contributed by atoms with van der Waals surface area (Å²) in [5, 5.41) is 6.12. The summed E-state index contributed by atoms with van der Waals surface area (Å²) in [5.41, 5.74) is 7.31. The van der Waals surface area contributed by atoms with Crippen LogP contribution in [0.5, 0.6) is 5.75 Å². The molecule has 6 bridgehead atoms. The van der Waals surface area contributed by atoms with Gasteiger partial charge in [0.2, 0.25) is 5.95 Å². The smallest absolute Gasteiger partial charge is 0.227 e. The van der Waals surface area contributed by atoms with Gasteiger partial charge in [0.05, 0.1) is 18.5 Å². The quantitative estimate of drug-likeness (QED) is 0.463. The van der Waals surface area contributed by atoms with Crippen LogP contribution in [-0.2, 0) is 16.6 Å². The zero-order valence-corrected chi connectivity index (χ0v) is 20.8. The molecule has 1 aromatic heterocycles. The van der Waals surface area contributed by atoms with E-state index < -0.39 is 22.4 Å². The molecular formula is C25H31F2N5O2S. The monoisotopic (exact) mass is 503 g/mol. The average Bonchev–Trinajstić information content (AvgIpc) is 2.82. The third-order valence-electron chi connectivity index (χ3n) is 5.02. The van der Waals surface area contributed by atoms with Gasteiger partial charge in [-0.2, -0.15) is 0 Å². The van der Waals surface area contributed by atoms with Crippen molar-refractivity contribution in [2.75, 3.05) is 36.6 Å². The number of halogens is 2. The summed E-state index contributed by atoms with van der Waals surface area (Å²) in [6.07, 6.45) is 5.34. The Morgan fingerprint density at radius 1 is 1.14 bits per heavy atom. The SMILES string of the molecule is CCCN.CS(=O)Cc1cc2cc(c1)OCCCCNc1cc(ccc1F)-c1nc(ncc1F)N2. The van der Waals surface area contributed by atoms with Crippen LogP contribution in [-0.4, -0.2) is 40.1 Å². The van der Waals surface area contributed by atoms with Crippen molar-refractivity contribution >= 4 is 28.1 Å². The maximum Gasteiger partial charge on any atom is 0.227 e. The highest BCUT2D eigenvalue weighted by molar-refractivity contribution is 7.83. The summed E-state index contributed by atoms with van der Waals surface area (Å²) in [7, 11) is -1.02. The molecule has 0 saturated heterocycles. The molecular weight excluding hydrogens is 472 g/mol. The van der Waals surface area contributed by atoms with Gasteiger partial charge >= 0.3 is 0 Å². The molecule has 0 spiro atoms. The van der Waals surface area contributed by atoms with E-state index in [1.165, 1.54) is 12.1 Å². The summed E-state index contributed by atoms with van der Waals surface area (Å²) in [5.74, 6) is 0.171. The van der Waals surface area contributed by atoms with Crippen LogP contribution in [0.4, 0.5) is 26.1 Å². The van der Waals surface area contributed by atoms with Crippen LogP contribution in [0.2, 0.25) is 0 Å². The Morgan fingerprint density at radius 2 is 1.94 bits per heavy atom. The molecule has 1 atom stereocenters. The van der Waals surface area contributed by atoms with Crippen LogP contribution in [0.15, 0.2) is 42.6 Å². The van der Waals surface area contributed by atoms with E-state index in [-0.39, 0.29) is 11.6 Å². The number of nitrogens with two attached hydrogens (primary N) is 1. The van der Waals surface area contributed by atoms with Crippen molar-refractivity contribution in [2.45, 2.75) is 31.9 Å². The fourth-order valence-corrected chi connectivity index (χ4v) is 3.98. The molecule has 3 aromatic rings. The third kappa shape index (κ3) is 7.97. The number of fused-ring (bicyclic) bond motifs is 7. The second kappa shape index (κ2) is 13.1. The van der Waals surface area contributed by atoms with Gasteiger partial charge in [-0.3, -0.25) is 4.21 Å². The fraction of sp³-hybridized carbons (Fsp3) is 0.360. The van der Waals surface area contributed by atoms with Crippen LogP contribution in [0.3, 0.4) is 0 Å². The molecule has 7 nitrogen and oxygen atoms in total. The standard InChI is InChI=1S/C22H22F2N4O2S.C3H9N/c1-31(29)13-14-8-16-11-17(9-14)30-7-3-2-6-25-20-10-15(4-5-18(20)23)21-19(24)12-26-22(27-16)28-21;1-2-3-4/h4-5,8-12,25H,2-3,6-7,13H2,1H3,(H,26,27,28);2-4H2,1H3. The molecule has 1 aliphatic heterocycles. The Kier molecular flexibility index (Phi) is 9.92. The van der Waals surface area contributed by atoms with Gasteiger partial charge in [-0.05, 0) is 61.7 Å². The minimum absolute atomic E-state index is 0.0648. The Labute approximate surface area is 207 Å². The Balaban J connectivity index is 0.000000795. The minimum Gasteiger partial charge on any atom is -0.494 e. The highest BCUT2D eigenvalue weighted by atomic mass is 32.2. The zero-order chi connectivity index (χ0) is 25.2. The molecule has 1 aliphatic rings. The van der Waals surface area contributed by atoms with Crippen LogP contribution in [0.25, 0.3) is 11.3 Å². The molecule has 0 radical (unpaired) electrons. The summed E-state index contributed by atoms with van der Waals surface area (Å²) < 4.78 is 46.3. The first kappa shape index (κ1) is 26.5. The number of rotatable bonds is 3. The van der Waals surface area contributed by atoms with Crippen molar-refractivity contribution in [1.29, 1.82) is 0 Å². The van der Waals surface area contributed by atoms with E-state index in [0.717, 1.165) is 37.6 Å². The molecule has 0 saturated carbocycles. The molecule has 1 unspecified atom stereocenters. The zero-order valence-electron chi connectivity index (χ0n) is 19.9. The Morgan fingerprint density at radius 3 is 2.69 bits per heavy atom. The van der Waals surface area contributed by atoms with Crippen molar-refractivity contribution < 1.29 is 17.7 Å². The van der Waals surface area contributed by atoms with Crippen LogP contribution in [0, 0.1) is 11.6 Å². The first-order chi connectivity index (χ1) is 16.9. The minimum atomic E-state index is -1.02. The number of anilines is 3. The van der Waals surface area contributed by atoms with E-state index in [0.29, 0.717) is 41.6 Å². The number of nitrogens with one attached hydrogen (secondary N) is 2. The number of benzene rings is 2. The van der Waals surface area contributed by atoms with Gasteiger partial charge in [-0.25, -0.2) is 18.7 Å². The molecule has 4 N–H and O–H groups in total. The predicted molar refractivity (Wildman–Crippen MR) is 137 cm³/mol. The van der Waals surface area contributed by atoms with Crippen LogP contribution >= 0.6 is 0 Å². The Hall–Kier alpha value is -3.11. The number of aromatic nitrogens is 2. The number of ether oxygens (including phenoxy) is 1. The van der Waals surface area contributed by atoms with Gasteiger partial charge in [0.1, 0.15) is 17.3 Å². The second-order valence-corrected chi connectivity index (χ2v) is 9.50. The molecule has 2 aromatic carbocycles. The highest BCUT2D eigenvalue weighted by Crippen LogP contribution is 2.28. The van der Waals surface area contributed by atoms with Crippen LogP contribution in [0.1, 0.15) is 31.7 Å². The first-order valence-corrected chi connectivity index (χ1v) is 13.2. The lowest BCUT2D eigenvalue weighted by Gasteiger charge is -2.14. The van der Waals surface area contributed by atoms with Crippen molar-refractivity contribution in [3.8, 4) is 17.0 Å². The number of hydrogen-bond acceptors (Lipinski definition) is 7. The molecule has 35 heavy (non-hydrogen) atoms. The summed E-state index contributed by atoms with van der Waals surface area (Å²) >= 11 is 0. The van der Waals surface area contributed by atoms with Crippen molar-refractivity contribution in [3.05, 3.63) is 59.8 Å². The predicted octanol–water partition coefficient (Wildman–Crippen LogP) is 4.98. The number of nitrogens with zero attached hydrogens (tertiary/aromatic N) is 2. The van der Waals surface area contributed by atoms with E-state index in [2.05, 4.69) is 27.5 Å². The normalized spacial score (nSPS) is 13.9. The van der Waals surface area contributed by atoms with Gasteiger partial charge in [0.25, 0.3) is 0 Å². The highest BCUT2D eigenvalue weighted by Gasteiger charge is 2.14. The van der Waals surface area contributed by atoms with Crippen molar-refractivity contribution in [1.82, 2.24) is 9.97 Å². The summed E-state index contributed by atoms with van der Waals surface area (Å²) in [4.78, 5) is 8.33. The van der Waals surface area contributed by atoms with E-state index >= 15 is 0 Å². The number of hydrogen-bond donors (Lipinski definition) is 3. The van der Waals surface area contributed by atoms with Crippen molar-refractivity contribution in [2.24, 2.45) is 5.73 Å². The second-order valence-electron chi connectivity index (χ2n) is 8.06. The average molecular weight is 504 g/mol. The molecule has 0 amide bonds. The lowest BCUT2D eigenvalue weighted by atomic mass is 10.1. The first-order valence-electron chi connectivity index (χ1n) is 11.5. The van der Waals surface area contributed by atoms with E-state index in [9.17, 15) is 13.0 Å². The van der Waals surface area contributed by atoms with Crippen LogP contribution < -0.4 is 21.1 Å². The molecule has 188 valence electrons. The van der Waals surface area contributed by atoms with E-state index in [4.69, 9.17) is 10.5 Å². The van der Waals surface area contributed by atoms with E-state index in [1.807, 2.05) is 12.1 Å². The van der Waals surface area contributed by atoms with Gasteiger partial charge in [-0.1, -0.05) is 6.92 Å². The summed E-state index contributed by atoms with van der Waals surface area (Å²) in [6, 6.07) is 9.81. The molecule has 2 heterocycles. The van der Waals surface area contributed by atoms with Gasteiger partial charge in [-0.15, -0.1) is 0 Å². The maximum absolute atomic E-state index is 14.5. The van der Waals surface area contributed by atoms with E-state index in [1.54, 1.807) is 18.4 Å². The Bertz CT molecular complexity index is 1160. The topological polar surface area (TPSA) is 102 Å². The van der Waals surface area contributed by atoms with Gasteiger partial charge < -0.3 is 21.1 Å². The molecule has 10 heteroatoms. The van der Waals surface area contributed by atoms with Gasteiger partial charge in [0, 0.05) is 46.7 Å². The molecule has 0 fully saturated rings. The van der Waals surface area contributed by atoms with Crippen molar-refractivity contribution in [3.63, 3.8) is 0 Å². The lowest BCUT2D eigenvalue weighted by Crippen LogP contribution is -2.08. The summed E-state index contributed by atoms with van der Waals surface area (Å²) in [6.45, 7) is 3.91. The maximum atomic E-state index is 14.5. The lowest BCUT2D eigenvalue weighted by molar-refractivity contribution is 0.308. The fourth-order valence-electron chi connectivity index (χ4n) is 3.34. The third-order valence-corrected chi connectivity index (χ3v) is 5.76. The molecule has 0 aliphatic carbocycles. The largest absolute Gasteiger partial charge is 0.494 e.